The van der Waals surface area contributed by atoms with E-state index in [0.717, 1.165) is 5.56 Å². The molecule has 0 saturated heterocycles. The van der Waals surface area contributed by atoms with Gasteiger partial charge in [-0.2, -0.15) is 0 Å². The summed E-state index contributed by atoms with van der Waals surface area (Å²) in [6.45, 7) is 2.11. The van der Waals surface area contributed by atoms with E-state index in [4.69, 9.17) is 14.2 Å². The van der Waals surface area contributed by atoms with Crippen LogP contribution in [-0.4, -0.2) is 24.8 Å². The Morgan fingerprint density at radius 3 is 2.30 bits per heavy atom. The molecule has 0 aromatic heterocycles. The number of hydrogen-bond acceptors (Lipinski definition) is 4. The van der Waals surface area contributed by atoms with Crippen molar-refractivity contribution in [3.63, 3.8) is 0 Å². The van der Waals surface area contributed by atoms with Crippen molar-refractivity contribution in [1.29, 1.82) is 0 Å². The number of rotatable bonds is 7. The fourth-order valence-electron chi connectivity index (χ4n) is 2.18. The molecular weight excluding hydrogens is 360 g/mol. The van der Waals surface area contributed by atoms with Crippen LogP contribution in [0.5, 0.6) is 17.2 Å². The molecule has 1 unspecified atom stereocenters. The molecule has 2 aromatic rings. The summed E-state index contributed by atoms with van der Waals surface area (Å²) in [4.78, 5) is 12.1. The standard InChI is InChI=1S/C18H19BrO4/c1-12(19)16(20)14-9-10-15(21-2)18(22-3)17(14)23-11-13-7-5-4-6-8-13/h4-10,12H,11H2,1-3H3. The molecule has 122 valence electrons. The Bertz CT molecular complexity index is 668. The number of halogens is 1. The normalized spacial score (nSPS) is 11.7. The summed E-state index contributed by atoms with van der Waals surface area (Å²) in [6.07, 6.45) is 0. The topological polar surface area (TPSA) is 44.8 Å². The second-order valence-electron chi connectivity index (χ2n) is 4.93. The van der Waals surface area contributed by atoms with Gasteiger partial charge in [0.25, 0.3) is 0 Å². The Labute approximate surface area is 144 Å². The summed E-state index contributed by atoms with van der Waals surface area (Å²) in [5, 5.41) is 0. The molecular formula is C18H19BrO4. The molecule has 0 saturated carbocycles. The van der Waals surface area contributed by atoms with Crippen LogP contribution >= 0.6 is 15.9 Å². The Morgan fingerprint density at radius 1 is 1.04 bits per heavy atom. The number of ether oxygens (including phenoxy) is 3. The molecule has 2 rings (SSSR count). The maximum absolute atomic E-state index is 12.4. The smallest absolute Gasteiger partial charge is 0.204 e. The summed E-state index contributed by atoms with van der Waals surface area (Å²) in [5.74, 6) is 1.26. The minimum Gasteiger partial charge on any atom is -0.493 e. The molecule has 0 aliphatic heterocycles. The van der Waals surface area contributed by atoms with Crippen LogP contribution in [0, 0.1) is 0 Å². The first-order valence-corrected chi connectivity index (χ1v) is 8.10. The molecule has 2 aromatic carbocycles. The van der Waals surface area contributed by atoms with Crippen LogP contribution in [0.2, 0.25) is 0 Å². The summed E-state index contributed by atoms with van der Waals surface area (Å²) in [5.41, 5.74) is 1.46. The zero-order chi connectivity index (χ0) is 16.8. The van der Waals surface area contributed by atoms with Gasteiger partial charge in [-0.15, -0.1) is 0 Å². The molecule has 4 nitrogen and oxygen atoms in total. The fourth-order valence-corrected chi connectivity index (χ4v) is 2.43. The molecule has 5 heteroatoms. The van der Waals surface area contributed by atoms with Gasteiger partial charge in [-0.3, -0.25) is 4.79 Å². The molecule has 0 spiro atoms. The Hall–Kier alpha value is -2.01. The van der Waals surface area contributed by atoms with Gasteiger partial charge in [0.15, 0.2) is 17.3 Å². The van der Waals surface area contributed by atoms with Gasteiger partial charge in [0.2, 0.25) is 5.75 Å². The summed E-state index contributed by atoms with van der Waals surface area (Å²) >= 11 is 3.31. The number of carbonyl (C=O) groups is 1. The van der Waals surface area contributed by atoms with Crippen molar-refractivity contribution in [3.8, 4) is 17.2 Å². The molecule has 0 bridgehead atoms. The average Bonchev–Trinajstić information content (AvgIpc) is 2.59. The van der Waals surface area contributed by atoms with Gasteiger partial charge >= 0.3 is 0 Å². The second kappa shape index (κ2) is 8.02. The minimum atomic E-state index is -0.320. The maximum Gasteiger partial charge on any atom is 0.204 e. The lowest BCUT2D eigenvalue weighted by Gasteiger charge is -2.17. The van der Waals surface area contributed by atoms with E-state index in [1.54, 1.807) is 26.2 Å². The van der Waals surface area contributed by atoms with Crippen LogP contribution < -0.4 is 14.2 Å². The highest BCUT2D eigenvalue weighted by atomic mass is 79.9. The van der Waals surface area contributed by atoms with E-state index in [1.165, 1.54) is 7.11 Å². The highest BCUT2D eigenvalue weighted by molar-refractivity contribution is 9.10. The van der Waals surface area contributed by atoms with Crippen LogP contribution in [-0.2, 0) is 6.61 Å². The SMILES string of the molecule is COc1ccc(C(=O)C(C)Br)c(OCc2ccccc2)c1OC. The molecule has 0 amide bonds. The number of hydrogen-bond donors (Lipinski definition) is 0. The monoisotopic (exact) mass is 378 g/mol. The highest BCUT2D eigenvalue weighted by Crippen LogP contribution is 2.41. The third kappa shape index (κ3) is 4.05. The Kier molecular flexibility index (Phi) is 6.04. The van der Waals surface area contributed by atoms with Crippen molar-refractivity contribution in [2.24, 2.45) is 0 Å². The number of carbonyl (C=O) groups excluding carboxylic acids is 1. The van der Waals surface area contributed by atoms with Crippen molar-refractivity contribution >= 4 is 21.7 Å². The van der Waals surface area contributed by atoms with E-state index in [9.17, 15) is 4.79 Å². The number of Topliss-reactive ketones (excluding diaryl/α,β-unsaturated/α-hetero) is 1. The van der Waals surface area contributed by atoms with E-state index in [0.29, 0.717) is 29.4 Å². The van der Waals surface area contributed by atoms with Gasteiger partial charge in [0.1, 0.15) is 6.61 Å². The summed E-state index contributed by atoms with van der Waals surface area (Å²) in [7, 11) is 3.08. The number of ketones is 1. The Morgan fingerprint density at radius 2 is 1.74 bits per heavy atom. The zero-order valence-electron chi connectivity index (χ0n) is 13.3. The van der Waals surface area contributed by atoms with Gasteiger partial charge in [-0.25, -0.2) is 0 Å². The van der Waals surface area contributed by atoms with Crippen molar-refractivity contribution in [2.75, 3.05) is 14.2 Å². The molecule has 1 atom stereocenters. The van der Waals surface area contributed by atoms with Crippen LogP contribution in [0.25, 0.3) is 0 Å². The van der Waals surface area contributed by atoms with Crippen LogP contribution in [0.1, 0.15) is 22.8 Å². The van der Waals surface area contributed by atoms with Crippen molar-refractivity contribution in [1.82, 2.24) is 0 Å². The minimum absolute atomic E-state index is 0.0750. The molecule has 0 N–H and O–H groups in total. The molecule has 23 heavy (non-hydrogen) atoms. The highest BCUT2D eigenvalue weighted by Gasteiger charge is 2.23. The quantitative estimate of drug-likeness (QED) is 0.533. The average molecular weight is 379 g/mol. The lowest BCUT2D eigenvalue weighted by Crippen LogP contribution is -2.13. The third-order valence-corrected chi connectivity index (χ3v) is 3.77. The predicted molar refractivity (Wildman–Crippen MR) is 93.0 cm³/mol. The first kappa shape index (κ1) is 17.3. The van der Waals surface area contributed by atoms with Gasteiger partial charge < -0.3 is 14.2 Å². The van der Waals surface area contributed by atoms with E-state index in [1.807, 2.05) is 30.3 Å². The Balaban J connectivity index is 2.41. The van der Waals surface area contributed by atoms with Gasteiger partial charge in [0, 0.05) is 0 Å². The predicted octanol–water partition coefficient (Wildman–Crippen LogP) is 4.25. The van der Waals surface area contributed by atoms with Gasteiger partial charge in [0.05, 0.1) is 24.6 Å². The molecule has 0 radical (unpaired) electrons. The summed E-state index contributed by atoms with van der Waals surface area (Å²) in [6, 6.07) is 13.1. The van der Waals surface area contributed by atoms with Gasteiger partial charge in [-0.05, 0) is 24.6 Å². The van der Waals surface area contributed by atoms with Gasteiger partial charge in [-0.1, -0.05) is 46.3 Å². The summed E-state index contributed by atoms with van der Waals surface area (Å²) < 4.78 is 16.6. The largest absolute Gasteiger partial charge is 0.493 e. The lowest BCUT2D eigenvalue weighted by molar-refractivity contribution is 0.0990. The second-order valence-corrected chi connectivity index (χ2v) is 6.31. The zero-order valence-corrected chi connectivity index (χ0v) is 14.9. The first-order valence-electron chi connectivity index (χ1n) is 7.18. The van der Waals surface area contributed by atoms with Crippen LogP contribution in [0.4, 0.5) is 0 Å². The van der Waals surface area contributed by atoms with Crippen LogP contribution in [0.3, 0.4) is 0 Å². The molecule has 0 fully saturated rings. The van der Waals surface area contributed by atoms with Crippen molar-refractivity contribution in [3.05, 3.63) is 53.6 Å². The maximum atomic E-state index is 12.4. The van der Waals surface area contributed by atoms with Crippen LogP contribution in [0.15, 0.2) is 42.5 Å². The lowest BCUT2D eigenvalue weighted by atomic mass is 10.1. The number of benzene rings is 2. The van der Waals surface area contributed by atoms with Crippen molar-refractivity contribution in [2.45, 2.75) is 18.4 Å². The van der Waals surface area contributed by atoms with E-state index in [-0.39, 0.29) is 10.6 Å². The molecule has 0 aliphatic carbocycles. The first-order chi connectivity index (χ1) is 11.1. The number of methoxy groups -OCH3 is 2. The fraction of sp³-hybridized carbons (Fsp3) is 0.278. The van der Waals surface area contributed by atoms with E-state index < -0.39 is 0 Å². The molecule has 0 heterocycles. The molecule has 0 aliphatic rings. The van der Waals surface area contributed by atoms with E-state index in [2.05, 4.69) is 15.9 Å². The van der Waals surface area contributed by atoms with Crippen molar-refractivity contribution < 1.29 is 19.0 Å². The van der Waals surface area contributed by atoms with E-state index >= 15 is 0 Å². The third-order valence-electron chi connectivity index (χ3n) is 3.35. The number of alkyl halides is 1.